The largest absolute Gasteiger partial charge is 0.480 e. The molecule has 0 aromatic carbocycles. The lowest BCUT2D eigenvalue weighted by Gasteiger charge is -2.49. The van der Waals surface area contributed by atoms with Crippen LogP contribution in [0.4, 0.5) is 4.79 Å². The highest BCUT2D eigenvalue weighted by Crippen LogP contribution is 2.32. The summed E-state index contributed by atoms with van der Waals surface area (Å²) in [5.74, 6) is -1.10. The summed E-state index contributed by atoms with van der Waals surface area (Å²) in [6, 6.07) is -0.0427. The van der Waals surface area contributed by atoms with Crippen LogP contribution < -0.4 is 5.32 Å². The first-order chi connectivity index (χ1) is 11.9. The van der Waals surface area contributed by atoms with Gasteiger partial charge in [-0.2, -0.15) is 0 Å². The van der Waals surface area contributed by atoms with Gasteiger partial charge in [-0.05, 0) is 26.3 Å². The number of hydrogen-bond acceptors (Lipinski definition) is 4. The molecule has 2 saturated heterocycles. The normalized spacial score (nSPS) is 25.1. The first-order valence-electron chi connectivity index (χ1n) is 9.11. The van der Waals surface area contributed by atoms with Gasteiger partial charge in [0.25, 0.3) is 0 Å². The number of likely N-dealkylation sites (N-methyl/N-ethyl adjacent to an activating group) is 1. The molecule has 2 aliphatic heterocycles. The Morgan fingerprint density at radius 1 is 1.24 bits per heavy atom. The molecule has 142 valence electrons. The van der Waals surface area contributed by atoms with E-state index in [1.807, 2.05) is 11.9 Å². The van der Waals surface area contributed by atoms with Crippen LogP contribution in [0.25, 0.3) is 0 Å². The van der Waals surface area contributed by atoms with Gasteiger partial charge in [0.15, 0.2) is 0 Å². The predicted molar refractivity (Wildman–Crippen MR) is 93.3 cm³/mol. The topological polar surface area (TPSA) is 93.2 Å². The van der Waals surface area contributed by atoms with Gasteiger partial charge in [-0.1, -0.05) is 13.3 Å². The van der Waals surface area contributed by atoms with Crippen LogP contribution in [0.2, 0.25) is 0 Å². The molecular formula is C17H30N4O4. The molecule has 0 aromatic heterocycles. The van der Waals surface area contributed by atoms with Gasteiger partial charge in [0.1, 0.15) is 6.54 Å². The maximum absolute atomic E-state index is 12.4. The Bertz CT molecular complexity index is 513. The van der Waals surface area contributed by atoms with Crippen LogP contribution in [0, 0.1) is 0 Å². The lowest BCUT2D eigenvalue weighted by Crippen LogP contribution is -2.63. The molecule has 8 nitrogen and oxygen atoms in total. The monoisotopic (exact) mass is 354 g/mol. The molecule has 0 aromatic rings. The van der Waals surface area contributed by atoms with E-state index in [0.29, 0.717) is 45.4 Å². The molecule has 0 unspecified atom stereocenters. The van der Waals surface area contributed by atoms with E-state index in [9.17, 15) is 14.4 Å². The van der Waals surface area contributed by atoms with Crippen molar-refractivity contribution in [2.24, 2.45) is 0 Å². The Kier molecular flexibility index (Phi) is 6.64. The molecule has 0 bridgehead atoms. The van der Waals surface area contributed by atoms with E-state index >= 15 is 0 Å². The molecule has 0 aliphatic carbocycles. The number of urea groups is 1. The van der Waals surface area contributed by atoms with Crippen LogP contribution in [0.1, 0.15) is 39.0 Å². The first-order valence-corrected chi connectivity index (χ1v) is 9.11. The van der Waals surface area contributed by atoms with Gasteiger partial charge in [0.2, 0.25) is 5.91 Å². The zero-order valence-electron chi connectivity index (χ0n) is 15.3. The smallest absolute Gasteiger partial charge is 0.323 e. The van der Waals surface area contributed by atoms with Crippen molar-refractivity contribution in [2.45, 2.75) is 44.6 Å². The Labute approximate surface area is 149 Å². The molecule has 8 heteroatoms. The van der Waals surface area contributed by atoms with Crippen molar-refractivity contribution in [3.63, 3.8) is 0 Å². The highest BCUT2D eigenvalue weighted by atomic mass is 16.4. The van der Waals surface area contributed by atoms with Gasteiger partial charge in [-0.15, -0.1) is 0 Å². The molecule has 2 aliphatic rings. The Hall–Kier alpha value is -1.83. The van der Waals surface area contributed by atoms with E-state index in [-0.39, 0.29) is 24.0 Å². The number of carbonyl (C=O) groups excluding carboxylic acids is 2. The van der Waals surface area contributed by atoms with Gasteiger partial charge >= 0.3 is 12.0 Å². The second-order valence-electron chi connectivity index (χ2n) is 7.11. The van der Waals surface area contributed by atoms with Gasteiger partial charge in [-0.25, -0.2) is 4.79 Å². The minimum atomic E-state index is -0.988. The zero-order valence-corrected chi connectivity index (χ0v) is 15.3. The number of amides is 3. The number of rotatable bonds is 5. The molecule has 0 saturated carbocycles. The van der Waals surface area contributed by atoms with Gasteiger partial charge in [0.05, 0.1) is 0 Å². The molecule has 1 atom stereocenters. The van der Waals surface area contributed by atoms with E-state index in [2.05, 4.69) is 17.1 Å². The average Bonchev–Trinajstić information content (AvgIpc) is 2.72. The number of piperazine rings is 1. The SMILES string of the molecule is CCCCNC(=O)N1CCN(C)[C@]2(CCC(=O)N(CC(=O)O)CC2)C1. The third-order valence-electron chi connectivity index (χ3n) is 5.42. The van der Waals surface area contributed by atoms with E-state index in [1.165, 1.54) is 4.90 Å². The third kappa shape index (κ3) is 4.84. The zero-order chi connectivity index (χ0) is 18.4. The minimum absolute atomic E-state index is 0.0427. The molecule has 2 rings (SSSR count). The Morgan fingerprint density at radius 3 is 2.68 bits per heavy atom. The van der Waals surface area contributed by atoms with Crippen LogP contribution in [-0.4, -0.2) is 89.6 Å². The van der Waals surface area contributed by atoms with Crippen LogP contribution in [0.15, 0.2) is 0 Å². The van der Waals surface area contributed by atoms with Crippen LogP contribution in [0.3, 0.4) is 0 Å². The number of unbranched alkanes of at least 4 members (excludes halogenated alkanes) is 1. The van der Waals surface area contributed by atoms with Gasteiger partial charge in [0, 0.05) is 44.7 Å². The number of carboxylic acids is 1. The van der Waals surface area contributed by atoms with Gasteiger partial charge < -0.3 is 20.2 Å². The maximum Gasteiger partial charge on any atom is 0.323 e. The maximum atomic E-state index is 12.4. The summed E-state index contributed by atoms with van der Waals surface area (Å²) in [7, 11) is 2.03. The molecule has 2 N–H and O–H groups in total. The Morgan fingerprint density at radius 2 is 2.00 bits per heavy atom. The number of hydrogen-bond donors (Lipinski definition) is 2. The van der Waals surface area contributed by atoms with Crippen molar-refractivity contribution >= 4 is 17.9 Å². The summed E-state index contributed by atoms with van der Waals surface area (Å²) in [6.07, 6.45) is 3.65. The average molecular weight is 354 g/mol. The van der Waals surface area contributed by atoms with Gasteiger partial charge in [-0.3, -0.25) is 14.5 Å². The fourth-order valence-electron chi connectivity index (χ4n) is 3.68. The van der Waals surface area contributed by atoms with Crippen LogP contribution >= 0.6 is 0 Å². The molecule has 0 radical (unpaired) electrons. The lowest BCUT2D eigenvalue weighted by atomic mass is 9.86. The molecule has 25 heavy (non-hydrogen) atoms. The fraction of sp³-hybridized carbons (Fsp3) is 0.824. The number of carboxylic acid groups (broad SMARTS) is 1. The highest BCUT2D eigenvalue weighted by Gasteiger charge is 2.43. The molecule has 1 spiro atoms. The van der Waals surface area contributed by atoms with Crippen LogP contribution in [0.5, 0.6) is 0 Å². The van der Waals surface area contributed by atoms with Crippen molar-refractivity contribution in [1.82, 2.24) is 20.0 Å². The molecule has 2 fully saturated rings. The quantitative estimate of drug-likeness (QED) is 0.705. The van der Waals surface area contributed by atoms with E-state index in [0.717, 1.165) is 19.4 Å². The van der Waals surface area contributed by atoms with Crippen molar-refractivity contribution in [3.8, 4) is 0 Å². The molecule has 3 amide bonds. The minimum Gasteiger partial charge on any atom is -0.480 e. The summed E-state index contributed by atoms with van der Waals surface area (Å²) in [5.41, 5.74) is -0.261. The van der Waals surface area contributed by atoms with E-state index in [4.69, 9.17) is 5.11 Å². The number of aliphatic carboxylic acids is 1. The summed E-state index contributed by atoms with van der Waals surface area (Å²) < 4.78 is 0. The predicted octanol–water partition coefficient (Wildman–Crippen LogP) is 0.579. The summed E-state index contributed by atoms with van der Waals surface area (Å²) in [6.45, 7) is 4.94. The Balaban J connectivity index is 2.03. The fourth-order valence-corrected chi connectivity index (χ4v) is 3.68. The van der Waals surface area contributed by atoms with Crippen molar-refractivity contribution in [1.29, 1.82) is 0 Å². The summed E-state index contributed by atoms with van der Waals surface area (Å²) in [4.78, 5) is 41.1. The van der Waals surface area contributed by atoms with Crippen LogP contribution in [-0.2, 0) is 9.59 Å². The number of nitrogens with one attached hydrogen (secondary N) is 1. The van der Waals surface area contributed by atoms with Crippen molar-refractivity contribution in [3.05, 3.63) is 0 Å². The second kappa shape index (κ2) is 8.51. The first kappa shape index (κ1) is 19.5. The van der Waals surface area contributed by atoms with E-state index < -0.39 is 5.97 Å². The second-order valence-corrected chi connectivity index (χ2v) is 7.11. The van der Waals surface area contributed by atoms with E-state index in [1.54, 1.807) is 0 Å². The third-order valence-corrected chi connectivity index (χ3v) is 5.42. The lowest BCUT2D eigenvalue weighted by molar-refractivity contribution is -0.144. The standard InChI is InChI=1S/C17H30N4O4/c1-3-4-8-18-16(25)21-11-10-19(2)17(13-21)6-5-14(22)20(9-7-17)12-15(23)24/h3-13H2,1-2H3,(H,18,25)(H,23,24)/t17-/m0/s1. The molecular weight excluding hydrogens is 324 g/mol. The number of likely N-dealkylation sites (tertiary alicyclic amines) is 1. The number of nitrogens with zero attached hydrogens (tertiary/aromatic N) is 3. The number of carbonyl (C=O) groups is 3. The highest BCUT2D eigenvalue weighted by molar-refractivity contribution is 5.81. The van der Waals surface area contributed by atoms with Crippen molar-refractivity contribution < 1.29 is 19.5 Å². The summed E-state index contributed by atoms with van der Waals surface area (Å²) >= 11 is 0. The van der Waals surface area contributed by atoms with Crippen molar-refractivity contribution in [2.75, 3.05) is 46.3 Å². The summed E-state index contributed by atoms with van der Waals surface area (Å²) in [5, 5.41) is 11.9. The molecule has 2 heterocycles.